The molecule has 1 aromatic heterocycles. The summed E-state index contributed by atoms with van der Waals surface area (Å²) in [6.07, 6.45) is -0.827. The zero-order chi connectivity index (χ0) is 24.1. The maximum Gasteiger partial charge on any atom is 0.0882 e. The van der Waals surface area contributed by atoms with Gasteiger partial charge < -0.3 is 30.3 Å². The summed E-state index contributed by atoms with van der Waals surface area (Å²) in [6, 6.07) is 26.7. The molecule has 5 N–H and O–H groups in total. The van der Waals surface area contributed by atoms with E-state index in [1.165, 1.54) is 0 Å². The Kier molecular flexibility index (Phi) is 7.46. The number of nitrogens with one attached hydrogen (secondary N) is 1. The molecule has 178 valence electrons. The zero-order valence-corrected chi connectivity index (χ0v) is 19.4. The lowest BCUT2D eigenvalue weighted by Crippen LogP contribution is -2.56. The molecule has 1 atom stereocenters. The summed E-state index contributed by atoms with van der Waals surface area (Å²) in [5.74, 6) is 0. The molecule has 1 heterocycles. The zero-order valence-electron chi connectivity index (χ0n) is 19.4. The molecule has 0 amide bonds. The second-order valence-electron chi connectivity index (χ2n) is 8.88. The SMILES string of the molecule is Cc1ccc2c(c1)c(-c1ccccc1)c(-c1ccccc1)n2C[C@@H](O)CNC(CO)(CO)CO. The molecule has 3 aromatic carbocycles. The van der Waals surface area contributed by atoms with Crippen molar-refractivity contribution in [2.75, 3.05) is 26.4 Å². The van der Waals surface area contributed by atoms with Crippen molar-refractivity contribution in [3.05, 3.63) is 84.4 Å². The molecular formula is C28H32N2O4. The molecule has 6 heteroatoms. The summed E-state index contributed by atoms with van der Waals surface area (Å²) in [5, 5.41) is 43.8. The Bertz CT molecular complexity index is 1210. The Morgan fingerprint density at radius 3 is 2.00 bits per heavy atom. The number of aryl methyl sites for hydroxylation is 1. The van der Waals surface area contributed by atoms with Crippen LogP contribution in [0.25, 0.3) is 33.3 Å². The number of benzene rings is 3. The van der Waals surface area contributed by atoms with Gasteiger partial charge >= 0.3 is 0 Å². The fraction of sp³-hybridized carbons (Fsp3) is 0.286. The highest BCUT2D eigenvalue weighted by Crippen LogP contribution is 2.41. The monoisotopic (exact) mass is 460 g/mol. The van der Waals surface area contributed by atoms with E-state index in [-0.39, 0.29) is 6.54 Å². The predicted octanol–water partition coefficient (Wildman–Crippen LogP) is 2.95. The Hall–Kier alpha value is -3.00. The molecular weight excluding hydrogens is 428 g/mol. The Morgan fingerprint density at radius 2 is 1.41 bits per heavy atom. The molecule has 0 unspecified atom stereocenters. The Morgan fingerprint density at radius 1 is 0.824 bits per heavy atom. The van der Waals surface area contributed by atoms with Crippen molar-refractivity contribution >= 4 is 10.9 Å². The van der Waals surface area contributed by atoms with Crippen LogP contribution in [0.3, 0.4) is 0 Å². The average molecular weight is 461 g/mol. The number of hydrogen-bond donors (Lipinski definition) is 5. The second kappa shape index (κ2) is 10.5. The lowest BCUT2D eigenvalue weighted by Gasteiger charge is -2.30. The molecule has 4 aromatic rings. The van der Waals surface area contributed by atoms with Crippen LogP contribution in [0, 0.1) is 6.92 Å². The van der Waals surface area contributed by atoms with Gasteiger partial charge in [-0.3, -0.25) is 0 Å². The third-order valence-electron chi connectivity index (χ3n) is 6.34. The quantitative estimate of drug-likeness (QED) is 0.251. The maximum atomic E-state index is 11.0. The molecule has 0 aliphatic rings. The first-order chi connectivity index (χ1) is 16.5. The molecule has 0 saturated heterocycles. The molecule has 0 aliphatic carbocycles. The second-order valence-corrected chi connectivity index (χ2v) is 8.88. The van der Waals surface area contributed by atoms with Gasteiger partial charge in [0.2, 0.25) is 0 Å². The topological polar surface area (TPSA) is 97.9 Å². The summed E-state index contributed by atoms with van der Waals surface area (Å²) in [4.78, 5) is 0. The molecule has 0 bridgehead atoms. The average Bonchev–Trinajstić information content (AvgIpc) is 3.19. The Labute approximate surface area is 199 Å². The smallest absolute Gasteiger partial charge is 0.0882 e. The fourth-order valence-electron chi connectivity index (χ4n) is 4.38. The summed E-state index contributed by atoms with van der Waals surface area (Å²) in [7, 11) is 0. The number of nitrogens with zero attached hydrogens (tertiary/aromatic N) is 1. The van der Waals surface area contributed by atoms with E-state index < -0.39 is 31.5 Å². The summed E-state index contributed by atoms with van der Waals surface area (Å²) >= 11 is 0. The minimum Gasteiger partial charge on any atom is -0.394 e. The van der Waals surface area contributed by atoms with Crippen molar-refractivity contribution in [2.45, 2.75) is 25.1 Å². The minimum atomic E-state index is -1.24. The standard InChI is InChI=1S/C28H32N2O4/c1-20-12-13-25-24(14-20)26(21-8-4-2-5-9-21)27(22-10-6-3-7-11-22)30(25)16-23(34)15-29-28(17-31,18-32)19-33/h2-14,23,29,31-34H,15-19H2,1H3/t23-/m0/s1. The highest BCUT2D eigenvalue weighted by Gasteiger charge is 2.29. The van der Waals surface area contributed by atoms with Crippen LogP contribution < -0.4 is 5.32 Å². The first-order valence-electron chi connectivity index (χ1n) is 11.5. The van der Waals surface area contributed by atoms with Crippen molar-refractivity contribution in [3.8, 4) is 22.4 Å². The van der Waals surface area contributed by atoms with Gasteiger partial charge in [-0.1, -0.05) is 72.3 Å². The third-order valence-corrected chi connectivity index (χ3v) is 6.34. The number of aromatic nitrogens is 1. The molecule has 0 saturated carbocycles. The van der Waals surface area contributed by atoms with Crippen LogP contribution in [0.2, 0.25) is 0 Å². The van der Waals surface area contributed by atoms with Gasteiger partial charge in [-0.15, -0.1) is 0 Å². The van der Waals surface area contributed by atoms with Gasteiger partial charge in [0.05, 0.1) is 43.7 Å². The lowest BCUT2D eigenvalue weighted by atomic mass is 9.97. The van der Waals surface area contributed by atoms with Gasteiger partial charge in [0, 0.05) is 23.0 Å². The molecule has 0 spiro atoms. The van der Waals surface area contributed by atoms with Crippen LogP contribution in [-0.4, -0.2) is 63.0 Å². The largest absolute Gasteiger partial charge is 0.394 e. The minimum absolute atomic E-state index is 0.0993. The number of hydrogen-bond acceptors (Lipinski definition) is 5. The van der Waals surface area contributed by atoms with Crippen molar-refractivity contribution < 1.29 is 20.4 Å². The fourth-order valence-corrected chi connectivity index (χ4v) is 4.38. The number of rotatable bonds is 10. The normalized spacial score (nSPS) is 12.9. The molecule has 0 fully saturated rings. The van der Waals surface area contributed by atoms with Crippen LogP contribution >= 0.6 is 0 Å². The van der Waals surface area contributed by atoms with Gasteiger partial charge in [0.25, 0.3) is 0 Å². The van der Waals surface area contributed by atoms with E-state index in [4.69, 9.17) is 0 Å². The van der Waals surface area contributed by atoms with Crippen LogP contribution in [-0.2, 0) is 6.54 Å². The maximum absolute atomic E-state index is 11.0. The molecule has 6 nitrogen and oxygen atoms in total. The first kappa shape index (κ1) is 24.1. The van der Waals surface area contributed by atoms with Crippen molar-refractivity contribution in [1.82, 2.24) is 9.88 Å². The number of fused-ring (bicyclic) bond motifs is 1. The number of aliphatic hydroxyl groups is 4. The van der Waals surface area contributed by atoms with Gasteiger partial charge in [0.15, 0.2) is 0 Å². The first-order valence-corrected chi connectivity index (χ1v) is 11.5. The van der Waals surface area contributed by atoms with Crippen LogP contribution in [0.15, 0.2) is 78.9 Å². The van der Waals surface area contributed by atoms with E-state index in [0.29, 0.717) is 6.54 Å². The summed E-state index contributed by atoms with van der Waals surface area (Å²) in [5.41, 5.74) is 5.20. The Balaban J connectivity index is 1.83. The van der Waals surface area contributed by atoms with E-state index >= 15 is 0 Å². The van der Waals surface area contributed by atoms with Crippen molar-refractivity contribution in [2.24, 2.45) is 0 Å². The van der Waals surface area contributed by atoms with Crippen LogP contribution in [0.1, 0.15) is 5.56 Å². The van der Waals surface area contributed by atoms with Gasteiger partial charge in [0.1, 0.15) is 0 Å². The number of β-amino-alcohol motifs (C(OH)–C–C–N with tert-alkyl or cyclic N) is 1. The lowest BCUT2D eigenvalue weighted by molar-refractivity contribution is 0.0308. The summed E-state index contributed by atoms with van der Waals surface area (Å²) in [6.45, 7) is 1.15. The molecule has 4 rings (SSSR count). The van der Waals surface area contributed by atoms with Crippen LogP contribution in [0.5, 0.6) is 0 Å². The number of aliphatic hydroxyl groups excluding tert-OH is 4. The third kappa shape index (κ3) is 4.78. The van der Waals surface area contributed by atoms with Crippen molar-refractivity contribution in [3.63, 3.8) is 0 Å². The van der Waals surface area contributed by atoms with E-state index in [9.17, 15) is 20.4 Å². The van der Waals surface area contributed by atoms with Gasteiger partial charge in [-0.05, 0) is 30.2 Å². The van der Waals surface area contributed by atoms with E-state index in [2.05, 4.69) is 59.3 Å². The van der Waals surface area contributed by atoms with E-state index in [1.807, 2.05) is 36.4 Å². The summed E-state index contributed by atoms with van der Waals surface area (Å²) < 4.78 is 2.14. The molecule has 0 aliphatic heterocycles. The predicted molar refractivity (Wildman–Crippen MR) is 136 cm³/mol. The highest BCUT2D eigenvalue weighted by molar-refractivity contribution is 6.04. The molecule has 0 radical (unpaired) electrons. The van der Waals surface area contributed by atoms with Crippen molar-refractivity contribution in [1.29, 1.82) is 0 Å². The van der Waals surface area contributed by atoms with E-state index in [1.54, 1.807) is 0 Å². The van der Waals surface area contributed by atoms with Gasteiger partial charge in [-0.2, -0.15) is 0 Å². The highest BCUT2D eigenvalue weighted by atomic mass is 16.3. The molecule has 34 heavy (non-hydrogen) atoms. The van der Waals surface area contributed by atoms with Gasteiger partial charge in [-0.25, -0.2) is 0 Å². The van der Waals surface area contributed by atoms with Crippen LogP contribution in [0.4, 0.5) is 0 Å². The van der Waals surface area contributed by atoms with E-state index in [0.717, 1.165) is 38.9 Å².